The highest BCUT2D eigenvalue weighted by molar-refractivity contribution is 7.92. The van der Waals surface area contributed by atoms with Gasteiger partial charge in [-0.05, 0) is 60.0 Å². The first-order valence-corrected chi connectivity index (χ1v) is 8.88. The Bertz CT molecular complexity index is 978. The molecule has 0 aliphatic rings. The maximum absolute atomic E-state index is 12.9. The van der Waals surface area contributed by atoms with E-state index in [1.807, 2.05) is 62.4 Å². The van der Waals surface area contributed by atoms with Crippen molar-refractivity contribution < 1.29 is 8.42 Å². The molecule has 0 atom stereocenters. The van der Waals surface area contributed by atoms with Crippen molar-refractivity contribution in [1.82, 2.24) is 0 Å². The van der Waals surface area contributed by atoms with Gasteiger partial charge in [0.1, 0.15) is 0 Å². The summed E-state index contributed by atoms with van der Waals surface area (Å²) >= 11 is 0. The molecule has 0 aliphatic heterocycles. The molecule has 0 heterocycles. The zero-order chi connectivity index (χ0) is 16.6. The summed E-state index contributed by atoms with van der Waals surface area (Å²) in [4.78, 5) is 0.303. The minimum atomic E-state index is -3.58. The van der Waals surface area contributed by atoms with Crippen LogP contribution in [0.5, 0.6) is 0 Å². The Hall–Kier alpha value is -2.33. The fourth-order valence-electron chi connectivity index (χ4n) is 2.55. The molecule has 0 N–H and O–H groups in total. The second-order valence-electron chi connectivity index (χ2n) is 5.75. The average molecular weight is 325 g/mol. The summed E-state index contributed by atoms with van der Waals surface area (Å²) in [5, 5.41) is 1.95. The number of rotatable bonds is 3. The number of anilines is 1. The van der Waals surface area contributed by atoms with E-state index in [1.54, 1.807) is 19.2 Å². The zero-order valence-corrected chi connectivity index (χ0v) is 14.3. The van der Waals surface area contributed by atoms with E-state index in [1.165, 1.54) is 4.31 Å². The first kappa shape index (κ1) is 15.6. The smallest absolute Gasteiger partial charge is 0.264 e. The number of sulfonamides is 1. The molecule has 0 amide bonds. The third-order valence-electron chi connectivity index (χ3n) is 4.23. The van der Waals surface area contributed by atoms with E-state index in [4.69, 9.17) is 0 Å². The predicted octanol–water partition coefficient (Wildman–Crippen LogP) is 4.28. The van der Waals surface area contributed by atoms with Crippen LogP contribution < -0.4 is 4.31 Å². The van der Waals surface area contributed by atoms with Gasteiger partial charge in [0.2, 0.25) is 0 Å². The number of hydrogen-bond acceptors (Lipinski definition) is 2. The van der Waals surface area contributed by atoms with Gasteiger partial charge in [0, 0.05) is 7.05 Å². The lowest BCUT2D eigenvalue weighted by atomic mass is 10.1. The highest BCUT2D eigenvalue weighted by Gasteiger charge is 2.21. The van der Waals surface area contributed by atoms with E-state index in [2.05, 4.69) is 0 Å². The van der Waals surface area contributed by atoms with Crippen LogP contribution in [0.2, 0.25) is 0 Å². The van der Waals surface area contributed by atoms with Crippen LogP contribution in [0.3, 0.4) is 0 Å². The van der Waals surface area contributed by atoms with Crippen LogP contribution in [-0.4, -0.2) is 15.5 Å². The van der Waals surface area contributed by atoms with Crippen LogP contribution in [0.4, 0.5) is 5.69 Å². The van der Waals surface area contributed by atoms with Gasteiger partial charge in [0.25, 0.3) is 10.0 Å². The van der Waals surface area contributed by atoms with Crippen LogP contribution >= 0.6 is 0 Å². The highest BCUT2D eigenvalue weighted by atomic mass is 32.2. The number of fused-ring (bicyclic) bond motifs is 1. The van der Waals surface area contributed by atoms with E-state index < -0.39 is 10.0 Å². The van der Waals surface area contributed by atoms with Crippen molar-refractivity contribution in [2.45, 2.75) is 18.7 Å². The molecule has 3 aromatic rings. The number of nitrogens with zero attached hydrogens (tertiary/aromatic N) is 1. The fraction of sp³-hybridized carbons (Fsp3) is 0.158. The van der Waals surface area contributed by atoms with E-state index in [-0.39, 0.29) is 0 Å². The fourth-order valence-corrected chi connectivity index (χ4v) is 3.77. The molecule has 0 radical (unpaired) electrons. The van der Waals surface area contributed by atoms with Crippen LogP contribution in [0.1, 0.15) is 11.1 Å². The van der Waals surface area contributed by atoms with Gasteiger partial charge in [-0.1, -0.05) is 36.4 Å². The predicted molar refractivity (Wildman–Crippen MR) is 95.5 cm³/mol. The molecular weight excluding hydrogens is 306 g/mol. The Morgan fingerprint density at radius 1 is 0.783 bits per heavy atom. The Kier molecular flexibility index (Phi) is 3.86. The van der Waals surface area contributed by atoms with Crippen molar-refractivity contribution in [1.29, 1.82) is 0 Å². The second-order valence-corrected chi connectivity index (χ2v) is 7.72. The van der Waals surface area contributed by atoms with Gasteiger partial charge < -0.3 is 0 Å². The lowest BCUT2D eigenvalue weighted by Crippen LogP contribution is -2.26. The number of aryl methyl sites for hydroxylation is 2. The minimum Gasteiger partial charge on any atom is -0.269 e. The molecule has 0 spiro atoms. The Morgan fingerprint density at radius 2 is 1.48 bits per heavy atom. The molecule has 3 nitrogen and oxygen atoms in total. The van der Waals surface area contributed by atoms with Crippen LogP contribution in [0.25, 0.3) is 10.8 Å². The maximum Gasteiger partial charge on any atom is 0.264 e. The zero-order valence-electron chi connectivity index (χ0n) is 13.4. The Balaban J connectivity index is 2.06. The van der Waals surface area contributed by atoms with Crippen molar-refractivity contribution in [2.24, 2.45) is 0 Å². The van der Waals surface area contributed by atoms with Gasteiger partial charge in [0.15, 0.2) is 0 Å². The van der Waals surface area contributed by atoms with Crippen LogP contribution in [0, 0.1) is 13.8 Å². The summed E-state index contributed by atoms with van der Waals surface area (Å²) in [6.07, 6.45) is 0. The maximum atomic E-state index is 12.9. The second kappa shape index (κ2) is 5.70. The average Bonchev–Trinajstić information content (AvgIpc) is 2.56. The Labute approximate surface area is 137 Å². The van der Waals surface area contributed by atoms with E-state index >= 15 is 0 Å². The Morgan fingerprint density at radius 3 is 2.17 bits per heavy atom. The normalized spacial score (nSPS) is 11.6. The number of benzene rings is 3. The summed E-state index contributed by atoms with van der Waals surface area (Å²) in [5.74, 6) is 0. The SMILES string of the molecule is Cc1ccc(N(C)S(=O)(=O)c2ccc3ccccc3c2)cc1C. The first-order valence-electron chi connectivity index (χ1n) is 7.44. The topological polar surface area (TPSA) is 37.4 Å². The van der Waals surface area contributed by atoms with Gasteiger partial charge in [-0.2, -0.15) is 0 Å². The molecule has 3 aromatic carbocycles. The molecule has 0 saturated carbocycles. The number of hydrogen-bond donors (Lipinski definition) is 0. The quantitative estimate of drug-likeness (QED) is 0.721. The molecule has 4 heteroatoms. The van der Waals surface area contributed by atoms with Crippen molar-refractivity contribution in [3.63, 3.8) is 0 Å². The summed E-state index contributed by atoms with van der Waals surface area (Å²) in [6, 6.07) is 18.6. The van der Waals surface area contributed by atoms with E-state index in [9.17, 15) is 8.42 Å². The third kappa shape index (κ3) is 2.82. The first-order chi connectivity index (χ1) is 10.9. The molecule has 3 rings (SSSR count). The van der Waals surface area contributed by atoms with Crippen molar-refractivity contribution in [3.8, 4) is 0 Å². The minimum absolute atomic E-state index is 0.303. The summed E-state index contributed by atoms with van der Waals surface area (Å²) in [5.41, 5.74) is 2.88. The molecule has 0 bridgehead atoms. The molecular formula is C19H19NO2S. The van der Waals surface area contributed by atoms with Crippen molar-refractivity contribution in [2.75, 3.05) is 11.4 Å². The van der Waals surface area contributed by atoms with E-state index in [0.29, 0.717) is 10.6 Å². The molecule has 118 valence electrons. The van der Waals surface area contributed by atoms with Crippen LogP contribution in [-0.2, 0) is 10.0 Å². The monoisotopic (exact) mass is 325 g/mol. The van der Waals surface area contributed by atoms with Gasteiger partial charge in [0.05, 0.1) is 10.6 Å². The van der Waals surface area contributed by atoms with E-state index in [0.717, 1.165) is 21.9 Å². The summed E-state index contributed by atoms with van der Waals surface area (Å²) in [7, 11) is -1.99. The van der Waals surface area contributed by atoms with Crippen molar-refractivity contribution >= 4 is 26.5 Å². The molecule has 0 unspecified atom stereocenters. The lowest BCUT2D eigenvalue weighted by Gasteiger charge is -2.20. The van der Waals surface area contributed by atoms with Gasteiger partial charge >= 0.3 is 0 Å². The molecule has 0 fully saturated rings. The van der Waals surface area contributed by atoms with Crippen molar-refractivity contribution in [3.05, 3.63) is 71.8 Å². The summed E-state index contributed by atoms with van der Waals surface area (Å²) in [6.45, 7) is 3.99. The lowest BCUT2D eigenvalue weighted by molar-refractivity contribution is 0.594. The molecule has 0 saturated heterocycles. The van der Waals surface area contributed by atoms with Gasteiger partial charge in [-0.15, -0.1) is 0 Å². The van der Waals surface area contributed by atoms with Gasteiger partial charge in [-0.25, -0.2) is 8.42 Å². The van der Waals surface area contributed by atoms with Crippen LogP contribution in [0.15, 0.2) is 65.6 Å². The largest absolute Gasteiger partial charge is 0.269 e. The molecule has 0 aromatic heterocycles. The summed E-state index contributed by atoms with van der Waals surface area (Å²) < 4.78 is 27.1. The third-order valence-corrected chi connectivity index (χ3v) is 6.01. The molecule has 0 aliphatic carbocycles. The van der Waals surface area contributed by atoms with Gasteiger partial charge in [-0.3, -0.25) is 4.31 Å². The molecule has 23 heavy (non-hydrogen) atoms. The highest BCUT2D eigenvalue weighted by Crippen LogP contribution is 2.26. The standard InChI is InChI=1S/C19H19NO2S/c1-14-8-10-18(12-15(14)2)20(3)23(21,22)19-11-9-16-6-4-5-7-17(16)13-19/h4-13H,1-3H3.